The number of halogens is 2. The average molecular weight is 378 g/mol. The van der Waals surface area contributed by atoms with Crippen molar-refractivity contribution in [2.75, 3.05) is 6.54 Å². The lowest BCUT2D eigenvalue weighted by Crippen LogP contribution is -2.37. The van der Waals surface area contributed by atoms with E-state index in [1.807, 2.05) is 32.9 Å². The van der Waals surface area contributed by atoms with Gasteiger partial charge >= 0.3 is 0 Å². The Labute approximate surface area is 155 Å². The fourth-order valence-corrected chi connectivity index (χ4v) is 2.70. The standard InChI is InChI=1S/C17H17Cl2N5O/c1-10-6-7-20-16-22-14(23-24(10)16)15(25)21-9-17(2,3)11-4-5-12(18)13(19)8-11/h4-8H,9H2,1-3H3,(H,21,25). The molecule has 1 N–H and O–H groups in total. The van der Waals surface area contributed by atoms with Crippen LogP contribution in [0.2, 0.25) is 10.0 Å². The maximum atomic E-state index is 12.4. The minimum atomic E-state index is -0.349. The van der Waals surface area contributed by atoms with Crippen molar-refractivity contribution < 1.29 is 4.79 Å². The minimum Gasteiger partial charge on any atom is -0.348 e. The molecule has 0 aliphatic carbocycles. The lowest BCUT2D eigenvalue weighted by atomic mass is 9.84. The first-order valence-electron chi connectivity index (χ1n) is 7.70. The zero-order valence-corrected chi connectivity index (χ0v) is 15.6. The fourth-order valence-electron chi connectivity index (χ4n) is 2.40. The molecule has 6 nitrogen and oxygen atoms in total. The molecule has 1 aromatic carbocycles. The molecule has 0 radical (unpaired) electrons. The second kappa shape index (κ2) is 6.61. The van der Waals surface area contributed by atoms with Gasteiger partial charge in [0.15, 0.2) is 0 Å². The molecule has 0 fully saturated rings. The van der Waals surface area contributed by atoms with Crippen molar-refractivity contribution >= 4 is 34.9 Å². The van der Waals surface area contributed by atoms with Crippen LogP contribution in [-0.2, 0) is 5.41 Å². The molecule has 0 atom stereocenters. The average Bonchev–Trinajstić information content (AvgIpc) is 3.01. The van der Waals surface area contributed by atoms with Crippen LogP contribution in [0.1, 0.15) is 35.7 Å². The molecular weight excluding hydrogens is 361 g/mol. The number of fused-ring (bicyclic) bond motifs is 1. The molecular formula is C17H17Cl2N5O. The van der Waals surface area contributed by atoms with Crippen LogP contribution in [0.5, 0.6) is 0 Å². The number of rotatable bonds is 4. The number of benzene rings is 1. The SMILES string of the molecule is Cc1ccnc2nc(C(=O)NCC(C)(C)c3ccc(Cl)c(Cl)c3)nn12. The van der Waals surface area contributed by atoms with E-state index < -0.39 is 0 Å². The van der Waals surface area contributed by atoms with Crippen LogP contribution in [0, 0.1) is 6.92 Å². The Bertz CT molecular complexity index is 951. The predicted octanol–water partition coefficient (Wildman–Crippen LogP) is 3.45. The molecule has 0 saturated heterocycles. The molecule has 0 spiro atoms. The molecule has 25 heavy (non-hydrogen) atoms. The minimum absolute atomic E-state index is 0.0896. The van der Waals surface area contributed by atoms with Crippen LogP contribution in [-0.4, -0.2) is 32.0 Å². The lowest BCUT2D eigenvalue weighted by molar-refractivity contribution is 0.0935. The molecule has 8 heteroatoms. The number of hydrogen-bond donors (Lipinski definition) is 1. The Morgan fingerprint density at radius 1 is 1.24 bits per heavy atom. The summed E-state index contributed by atoms with van der Waals surface area (Å²) in [6, 6.07) is 7.26. The largest absolute Gasteiger partial charge is 0.348 e. The van der Waals surface area contributed by atoms with E-state index in [4.69, 9.17) is 23.2 Å². The third kappa shape index (κ3) is 3.60. The van der Waals surface area contributed by atoms with Crippen molar-refractivity contribution in [2.24, 2.45) is 0 Å². The van der Waals surface area contributed by atoms with Crippen molar-refractivity contribution in [1.82, 2.24) is 24.9 Å². The van der Waals surface area contributed by atoms with E-state index in [0.29, 0.717) is 22.4 Å². The predicted molar refractivity (Wildman–Crippen MR) is 97.3 cm³/mol. The van der Waals surface area contributed by atoms with E-state index >= 15 is 0 Å². The van der Waals surface area contributed by atoms with Gasteiger partial charge in [0.25, 0.3) is 11.7 Å². The molecule has 0 aliphatic heterocycles. The van der Waals surface area contributed by atoms with Crippen LogP contribution >= 0.6 is 23.2 Å². The summed E-state index contributed by atoms with van der Waals surface area (Å²) in [6.07, 6.45) is 1.63. The maximum absolute atomic E-state index is 12.4. The van der Waals surface area contributed by atoms with Gasteiger partial charge in [-0.15, -0.1) is 5.10 Å². The van der Waals surface area contributed by atoms with Crippen molar-refractivity contribution in [1.29, 1.82) is 0 Å². The molecule has 0 unspecified atom stereocenters. The number of carbonyl (C=O) groups excluding carboxylic acids is 1. The second-order valence-electron chi connectivity index (χ2n) is 6.43. The van der Waals surface area contributed by atoms with E-state index in [0.717, 1.165) is 11.3 Å². The molecule has 1 amide bonds. The monoisotopic (exact) mass is 377 g/mol. The summed E-state index contributed by atoms with van der Waals surface area (Å²) in [6.45, 7) is 6.29. The molecule has 130 valence electrons. The Hall–Kier alpha value is -2.18. The second-order valence-corrected chi connectivity index (χ2v) is 7.24. The zero-order valence-electron chi connectivity index (χ0n) is 14.0. The fraction of sp³-hybridized carbons (Fsp3) is 0.294. The Kier molecular flexibility index (Phi) is 4.67. The van der Waals surface area contributed by atoms with Crippen LogP contribution in [0.25, 0.3) is 5.78 Å². The zero-order chi connectivity index (χ0) is 18.2. The van der Waals surface area contributed by atoms with E-state index in [1.165, 1.54) is 0 Å². The number of nitrogens with one attached hydrogen (secondary N) is 1. The molecule has 0 saturated carbocycles. The maximum Gasteiger partial charge on any atom is 0.291 e. The summed E-state index contributed by atoms with van der Waals surface area (Å²) in [5.41, 5.74) is 1.49. The summed E-state index contributed by atoms with van der Waals surface area (Å²) in [4.78, 5) is 20.7. The van der Waals surface area contributed by atoms with Gasteiger partial charge in [-0.3, -0.25) is 4.79 Å². The highest BCUT2D eigenvalue weighted by Crippen LogP contribution is 2.29. The van der Waals surface area contributed by atoms with Crippen LogP contribution in [0.4, 0.5) is 0 Å². The Balaban J connectivity index is 1.75. The lowest BCUT2D eigenvalue weighted by Gasteiger charge is -2.25. The molecule has 0 bridgehead atoms. The van der Waals surface area contributed by atoms with Gasteiger partial charge in [0, 0.05) is 23.9 Å². The van der Waals surface area contributed by atoms with E-state index in [9.17, 15) is 4.79 Å². The van der Waals surface area contributed by atoms with Crippen molar-refractivity contribution in [3.8, 4) is 0 Å². The highest BCUT2D eigenvalue weighted by Gasteiger charge is 2.24. The van der Waals surface area contributed by atoms with Crippen LogP contribution in [0.3, 0.4) is 0 Å². The van der Waals surface area contributed by atoms with Gasteiger partial charge in [0.05, 0.1) is 10.0 Å². The number of aromatic nitrogens is 4. The van der Waals surface area contributed by atoms with Gasteiger partial charge < -0.3 is 5.32 Å². The molecule has 2 aromatic heterocycles. The van der Waals surface area contributed by atoms with Crippen LogP contribution in [0.15, 0.2) is 30.5 Å². The first-order chi connectivity index (χ1) is 11.8. The smallest absolute Gasteiger partial charge is 0.291 e. The summed E-state index contributed by atoms with van der Waals surface area (Å²) in [7, 11) is 0. The van der Waals surface area contributed by atoms with Crippen molar-refractivity contribution in [3.63, 3.8) is 0 Å². The normalized spacial score (nSPS) is 11.7. The highest BCUT2D eigenvalue weighted by molar-refractivity contribution is 6.42. The summed E-state index contributed by atoms with van der Waals surface area (Å²) < 4.78 is 1.54. The molecule has 3 aromatic rings. The number of carbonyl (C=O) groups is 1. The van der Waals surface area contributed by atoms with Gasteiger partial charge in [-0.2, -0.15) is 4.98 Å². The van der Waals surface area contributed by atoms with Gasteiger partial charge in [0.2, 0.25) is 5.82 Å². The van der Waals surface area contributed by atoms with Gasteiger partial charge in [-0.25, -0.2) is 9.50 Å². The van der Waals surface area contributed by atoms with Gasteiger partial charge in [-0.05, 0) is 30.7 Å². The summed E-state index contributed by atoms with van der Waals surface area (Å²) >= 11 is 12.1. The topological polar surface area (TPSA) is 72.2 Å². The van der Waals surface area contributed by atoms with Crippen LogP contribution < -0.4 is 5.32 Å². The highest BCUT2D eigenvalue weighted by atomic mass is 35.5. The molecule has 2 heterocycles. The van der Waals surface area contributed by atoms with Crippen molar-refractivity contribution in [3.05, 3.63) is 57.6 Å². The number of hydrogen-bond acceptors (Lipinski definition) is 4. The summed E-state index contributed by atoms with van der Waals surface area (Å²) in [5.74, 6) is 0.138. The van der Waals surface area contributed by atoms with Gasteiger partial charge in [-0.1, -0.05) is 43.1 Å². The first-order valence-corrected chi connectivity index (χ1v) is 8.46. The Morgan fingerprint density at radius 3 is 2.68 bits per heavy atom. The first kappa shape index (κ1) is 17.6. The summed E-state index contributed by atoms with van der Waals surface area (Å²) in [5, 5.41) is 8.06. The van der Waals surface area contributed by atoms with Gasteiger partial charge in [0.1, 0.15) is 0 Å². The third-order valence-electron chi connectivity index (χ3n) is 4.02. The number of nitrogens with zero attached hydrogens (tertiary/aromatic N) is 4. The third-order valence-corrected chi connectivity index (χ3v) is 4.76. The van der Waals surface area contributed by atoms with E-state index in [-0.39, 0.29) is 17.1 Å². The number of aryl methyl sites for hydroxylation is 1. The quantitative estimate of drug-likeness (QED) is 0.755. The number of amides is 1. The van der Waals surface area contributed by atoms with Crippen molar-refractivity contribution in [2.45, 2.75) is 26.2 Å². The molecule has 3 rings (SSSR count). The molecule has 0 aliphatic rings. The van der Waals surface area contributed by atoms with E-state index in [1.54, 1.807) is 22.8 Å². The Morgan fingerprint density at radius 2 is 2.00 bits per heavy atom. The van der Waals surface area contributed by atoms with E-state index in [2.05, 4.69) is 20.4 Å².